The van der Waals surface area contributed by atoms with Crippen LogP contribution in [0.3, 0.4) is 0 Å². The van der Waals surface area contributed by atoms with Gasteiger partial charge in [-0.25, -0.2) is 0 Å². The minimum Gasteiger partial charge on any atom is -0.327 e. The van der Waals surface area contributed by atoms with Crippen LogP contribution in [0.15, 0.2) is 18.2 Å². The van der Waals surface area contributed by atoms with Gasteiger partial charge in [-0.1, -0.05) is 43.2 Å². The average Bonchev–Trinajstić information content (AvgIpc) is 2.12. The topological polar surface area (TPSA) is 26.0 Å². The second-order valence-corrected chi connectivity index (χ2v) is 6.45. The second-order valence-electron chi connectivity index (χ2n) is 4.84. The molecule has 0 amide bonds. The second kappa shape index (κ2) is 6.31. The third-order valence-corrected chi connectivity index (χ3v) is 3.71. The summed E-state index contributed by atoms with van der Waals surface area (Å²) in [6.07, 6.45) is 0.988. The van der Waals surface area contributed by atoms with Gasteiger partial charge >= 0.3 is 0 Å². The van der Waals surface area contributed by atoms with Crippen molar-refractivity contribution in [1.29, 1.82) is 0 Å². The minimum atomic E-state index is 0.272. The normalized spacial score (nSPS) is 13.1. The van der Waals surface area contributed by atoms with Crippen molar-refractivity contribution in [2.24, 2.45) is 5.73 Å². The van der Waals surface area contributed by atoms with Gasteiger partial charge in [0, 0.05) is 11.8 Å². The van der Waals surface area contributed by atoms with Crippen LogP contribution in [0.2, 0.25) is 0 Å². The molecule has 0 radical (unpaired) electrons. The van der Waals surface area contributed by atoms with Crippen LogP contribution in [0.4, 0.5) is 0 Å². The van der Waals surface area contributed by atoms with Gasteiger partial charge in [0.05, 0.1) is 0 Å². The van der Waals surface area contributed by atoms with Gasteiger partial charge in [0.25, 0.3) is 0 Å². The minimum absolute atomic E-state index is 0.272. The number of hydrogen-bond acceptors (Lipinski definition) is 2. The fraction of sp³-hybridized carbons (Fsp3) is 0.571. The van der Waals surface area contributed by atoms with Crippen molar-refractivity contribution in [3.8, 4) is 0 Å². The Bertz CT molecular complexity index is 313. The third kappa shape index (κ3) is 5.04. The van der Waals surface area contributed by atoms with Gasteiger partial charge in [-0.15, -0.1) is 0 Å². The molecule has 1 rings (SSSR count). The summed E-state index contributed by atoms with van der Waals surface area (Å²) in [7, 11) is 0. The van der Waals surface area contributed by atoms with Crippen molar-refractivity contribution in [2.75, 3.05) is 5.75 Å². The highest BCUT2D eigenvalue weighted by molar-refractivity contribution is 7.99. The Morgan fingerprint density at radius 2 is 1.69 bits per heavy atom. The molecule has 0 spiro atoms. The van der Waals surface area contributed by atoms with Gasteiger partial charge < -0.3 is 5.73 Å². The van der Waals surface area contributed by atoms with Gasteiger partial charge in [0.2, 0.25) is 0 Å². The van der Waals surface area contributed by atoms with Gasteiger partial charge in [-0.05, 0) is 31.1 Å². The van der Waals surface area contributed by atoms with Gasteiger partial charge in [-0.3, -0.25) is 0 Å². The molecule has 2 N–H and O–H groups in total. The van der Waals surface area contributed by atoms with Gasteiger partial charge in [-0.2, -0.15) is 11.8 Å². The zero-order valence-electron chi connectivity index (χ0n) is 10.8. The lowest BCUT2D eigenvalue weighted by molar-refractivity contribution is 0.746. The van der Waals surface area contributed by atoms with Crippen molar-refractivity contribution in [1.82, 2.24) is 0 Å². The Hall–Kier alpha value is -0.470. The standard InChI is InChI=1S/C14H23NS/c1-10(2)16-9-14(15)8-13-6-11(3)5-12(4)7-13/h5-7,10,14H,8-9,15H2,1-4H3. The van der Waals surface area contributed by atoms with Crippen LogP contribution in [0.25, 0.3) is 0 Å². The van der Waals surface area contributed by atoms with Crippen LogP contribution in [-0.2, 0) is 6.42 Å². The van der Waals surface area contributed by atoms with E-state index in [-0.39, 0.29) is 6.04 Å². The first kappa shape index (κ1) is 13.6. The number of hydrogen-bond donors (Lipinski definition) is 1. The lowest BCUT2D eigenvalue weighted by Crippen LogP contribution is -2.26. The summed E-state index contributed by atoms with van der Waals surface area (Å²) in [5.74, 6) is 1.05. The molecule has 0 aliphatic rings. The van der Waals surface area contributed by atoms with E-state index in [0.717, 1.165) is 12.2 Å². The van der Waals surface area contributed by atoms with E-state index in [0.29, 0.717) is 5.25 Å². The molecule has 0 saturated heterocycles. The number of rotatable bonds is 5. The van der Waals surface area contributed by atoms with E-state index < -0.39 is 0 Å². The van der Waals surface area contributed by atoms with E-state index in [1.54, 1.807) is 0 Å². The fourth-order valence-electron chi connectivity index (χ4n) is 1.86. The summed E-state index contributed by atoms with van der Waals surface area (Å²) in [5.41, 5.74) is 10.2. The maximum atomic E-state index is 6.13. The molecular weight excluding hydrogens is 214 g/mol. The molecule has 1 aromatic carbocycles. The molecule has 1 unspecified atom stereocenters. The molecule has 0 fully saturated rings. The van der Waals surface area contributed by atoms with Crippen LogP contribution in [0.5, 0.6) is 0 Å². The summed E-state index contributed by atoms with van der Waals surface area (Å²) >= 11 is 1.94. The molecule has 2 heteroatoms. The molecule has 0 aliphatic carbocycles. The number of aryl methyl sites for hydroxylation is 2. The lowest BCUT2D eigenvalue weighted by Gasteiger charge is -2.13. The smallest absolute Gasteiger partial charge is 0.0171 e. The molecule has 0 heterocycles. The maximum Gasteiger partial charge on any atom is 0.0171 e. The van der Waals surface area contributed by atoms with Crippen molar-refractivity contribution < 1.29 is 0 Å². The quantitative estimate of drug-likeness (QED) is 0.850. The predicted octanol–water partition coefficient (Wildman–Crippen LogP) is 3.31. The molecular formula is C14H23NS. The van der Waals surface area contributed by atoms with Crippen LogP contribution in [0.1, 0.15) is 30.5 Å². The van der Waals surface area contributed by atoms with Gasteiger partial charge in [0.15, 0.2) is 0 Å². The third-order valence-electron chi connectivity index (χ3n) is 2.42. The molecule has 1 nitrogen and oxygen atoms in total. The number of benzene rings is 1. The summed E-state index contributed by atoms with van der Waals surface area (Å²) < 4.78 is 0. The summed E-state index contributed by atoms with van der Waals surface area (Å²) in [4.78, 5) is 0. The first-order chi connectivity index (χ1) is 7.47. The van der Waals surface area contributed by atoms with Crippen LogP contribution in [-0.4, -0.2) is 17.0 Å². The average molecular weight is 237 g/mol. The van der Waals surface area contributed by atoms with Crippen molar-refractivity contribution >= 4 is 11.8 Å². The molecule has 0 aliphatic heterocycles. The van der Waals surface area contributed by atoms with E-state index in [2.05, 4.69) is 45.9 Å². The highest BCUT2D eigenvalue weighted by Crippen LogP contribution is 2.14. The number of thioether (sulfide) groups is 1. The Morgan fingerprint density at radius 1 is 1.12 bits per heavy atom. The number of nitrogens with two attached hydrogens (primary N) is 1. The first-order valence-electron chi connectivity index (χ1n) is 5.91. The largest absolute Gasteiger partial charge is 0.327 e. The Kier molecular flexibility index (Phi) is 5.36. The first-order valence-corrected chi connectivity index (χ1v) is 6.96. The molecule has 90 valence electrons. The molecule has 0 saturated carbocycles. The van der Waals surface area contributed by atoms with Crippen LogP contribution in [0, 0.1) is 13.8 Å². The Morgan fingerprint density at radius 3 is 2.19 bits per heavy atom. The SMILES string of the molecule is Cc1cc(C)cc(CC(N)CSC(C)C)c1. The Labute approximate surface area is 104 Å². The molecule has 0 bridgehead atoms. The highest BCUT2D eigenvalue weighted by atomic mass is 32.2. The van der Waals surface area contributed by atoms with Gasteiger partial charge in [0.1, 0.15) is 0 Å². The van der Waals surface area contributed by atoms with E-state index in [9.17, 15) is 0 Å². The van der Waals surface area contributed by atoms with Crippen molar-refractivity contribution in [2.45, 2.75) is 45.4 Å². The molecule has 1 aromatic rings. The van der Waals surface area contributed by atoms with Crippen molar-refractivity contribution in [3.05, 3.63) is 34.9 Å². The monoisotopic (exact) mass is 237 g/mol. The lowest BCUT2D eigenvalue weighted by atomic mass is 10.0. The zero-order valence-corrected chi connectivity index (χ0v) is 11.6. The highest BCUT2D eigenvalue weighted by Gasteiger charge is 2.06. The maximum absolute atomic E-state index is 6.13. The molecule has 1 atom stereocenters. The summed E-state index contributed by atoms with van der Waals surface area (Å²) in [6, 6.07) is 6.96. The van der Waals surface area contributed by atoms with Crippen molar-refractivity contribution in [3.63, 3.8) is 0 Å². The zero-order chi connectivity index (χ0) is 12.1. The fourth-order valence-corrected chi connectivity index (χ4v) is 2.61. The summed E-state index contributed by atoms with van der Waals surface area (Å²) in [5, 5.41) is 0.672. The van der Waals surface area contributed by atoms with Crippen LogP contribution >= 0.6 is 11.8 Å². The van der Waals surface area contributed by atoms with Crippen LogP contribution < -0.4 is 5.73 Å². The molecule has 16 heavy (non-hydrogen) atoms. The summed E-state index contributed by atoms with van der Waals surface area (Å²) in [6.45, 7) is 8.72. The van der Waals surface area contributed by atoms with E-state index in [1.807, 2.05) is 11.8 Å². The predicted molar refractivity (Wildman–Crippen MR) is 75.2 cm³/mol. The van der Waals surface area contributed by atoms with E-state index in [4.69, 9.17) is 5.73 Å². The Balaban J connectivity index is 2.52. The molecule has 0 aromatic heterocycles. The van der Waals surface area contributed by atoms with E-state index in [1.165, 1.54) is 16.7 Å². The van der Waals surface area contributed by atoms with E-state index >= 15 is 0 Å².